The minimum atomic E-state index is -4.31. The molecule has 112 valence electrons. The van der Waals surface area contributed by atoms with Crippen LogP contribution in [-0.2, 0) is 0 Å². The van der Waals surface area contributed by atoms with Crippen LogP contribution >= 0.6 is 0 Å². The van der Waals surface area contributed by atoms with E-state index in [1.807, 2.05) is 0 Å². The molecule has 0 heterocycles. The van der Waals surface area contributed by atoms with Gasteiger partial charge >= 0.3 is 12.3 Å². The van der Waals surface area contributed by atoms with E-state index in [1.165, 1.54) is 12.1 Å². The van der Waals surface area contributed by atoms with Crippen molar-refractivity contribution in [1.82, 2.24) is 5.32 Å². The van der Waals surface area contributed by atoms with Crippen molar-refractivity contribution < 1.29 is 26.7 Å². The normalized spacial score (nSPS) is 11.9. The molecule has 0 atom stereocenters. The average Bonchev–Trinajstić information content (AvgIpc) is 2.45. The summed E-state index contributed by atoms with van der Waals surface area (Å²) in [5.41, 5.74) is -0.0583. The predicted octanol–water partition coefficient (Wildman–Crippen LogP) is 3.61. The van der Waals surface area contributed by atoms with E-state index in [1.54, 1.807) is 17.4 Å². The van der Waals surface area contributed by atoms with E-state index >= 15 is 0 Å². The number of amides is 1. The standard InChI is InChI=1S/C14H10F5NO/c15-11-6-5-10(8-3-1-2-4-9(8)11)12(21)20-7-14(18,19)13(16)17/h1-6,13H,7H2,(H,20,21). The smallest absolute Gasteiger partial charge is 0.324 e. The number of halogens is 5. The summed E-state index contributed by atoms with van der Waals surface area (Å²) >= 11 is 0. The first kappa shape index (κ1) is 15.2. The summed E-state index contributed by atoms with van der Waals surface area (Å²) in [6.07, 6.45) is -3.87. The summed E-state index contributed by atoms with van der Waals surface area (Å²) in [5, 5.41) is 2.10. The fourth-order valence-electron chi connectivity index (χ4n) is 1.83. The number of benzene rings is 2. The second kappa shape index (κ2) is 5.67. The lowest BCUT2D eigenvalue weighted by Gasteiger charge is -2.16. The Hall–Kier alpha value is -2.18. The molecule has 0 saturated carbocycles. The molecule has 0 aromatic heterocycles. The molecule has 1 N–H and O–H groups in total. The molecule has 0 spiro atoms. The third-order valence-electron chi connectivity index (χ3n) is 2.92. The van der Waals surface area contributed by atoms with Gasteiger partial charge in [0.2, 0.25) is 0 Å². The minimum Gasteiger partial charge on any atom is -0.346 e. The Bertz CT molecular complexity index is 671. The number of fused-ring (bicyclic) bond motifs is 1. The lowest BCUT2D eigenvalue weighted by atomic mass is 10.0. The van der Waals surface area contributed by atoms with E-state index in [0.717, 1.165) is 12.1 Å². The molecule has 1 amide bonds. The van der Waals surface area contributed by atoms with Gasteiger partial charge in [-0.1, -0.05) is 24.3 Å². The van der Waals surface area contributed by atoms with Crippen molar-refractivity contribution in [3.05, 3.63) is 47.8 Å². The summed E-state index contributed by atoms with van der Waals surface area (Å²) in [5.74, 6) is -5.85. The summed E-state index contributed by atoms with van der Waals surface area (Å²) in [6, 6.07) is 8.11. The average molecular weight is 303 g/mol. The topological polar surface area (TPSA) is 29.1 Å². The summed E-state index contributed by atoms with van der Waals surface area (Å²) in [7, 11) is 0. The van der Waals surface area contributed by atoms with Gasteiger partial charge in [-0.25, -0.2) is 13.2 Å². The summed E-state index contributed by atoms with van der Waals surface area (Å²) < 4.78 is 63.2. The number of hydrogen-bond donors (Lipinski definition) is 1. The molecular formula is C14H10F5NO. The highest BCUT2D eigenvalue weighted by atomic mass is 19.3. The Balaban J connectivity index is 2.27. The first-order chi connectivity index (χ1) is 9.83. The molecule has 0 saturated heterocycles. The number of hydrogen-bond acceptors (Lipinski definition) is 1. The van der Waals surface area contributed by atoms with Gasteiger partial charge in [0.1, 0.15) is 5.82 Å². The molecule has 2 nitrogen and oxygen atoms in total. The Morgan fingerprint density at radius 3 is 2.33 bits per heavy atom. The zero-order valence-electron chi connectivity index (χ0n) is 10.5. The van der Waals surface area contributed by atoms with E-state index < -0.39 is 30.6 Å². The van der Waals surface area contributed by atoms with Crippen molar-refractivity contribution in [1.29, 1.82) is 0 Å². The number of carbonyl (C=O) groups excluding carboxylic acids is 1. The lowest BCUT2D eigenvalue weighted by molar-refractivity contribution is -0.123. The SMILES string of the molecule is O=C(NCC(F)(F)C(F)F)c1ccc(F)c2ccccc12. The van der Waals surface area contributed by atoms with Crippen molar-refractivity contribution in [2.75, 3.05) is 6.54 Å². The van der Waals surface area contributed by atoms with Crippen molar-refractivity contribution in [2.45, 2.75) is 12.3 Å². The number of rotatable bonds is 4. The van der Waals surface area contributed by atoms with Gasteiger partial charge in [-0.2, -0.15) is 8.78 Å². The number of nitrogens with one attached hydrogen (secondary N) is 1. The van der Waals surface area contributed by atoms with E-state index in [9.17, 15) is 26.7 Å². The van der Waals surface area contributed by atoms with E-state index in [-0.39, 0.29) is 16.3 Å². The Labute approximate surface area is 116 Å². The van der Waals surface area contributed by atoms with Crippen LogP contribution in [-0.4, -0.2) is 24.8 Å². The number of carbonyl (C=O) groups is 1. The molecule has 2 rings (SSSR count). The van der Waals surface area contributed by atoms with Gasteiger partial charge in [0.15, 0.2) is 0 Å². The predicted molar refractivity (Wildman–Crippen MR) is 67.2 cm³/mol. The highest BCUT2D eigenvalue weighted by molar-refractivity contribution is 6.07. The van der Waals surface area contributed by atoms with Crippen LogP contribution in [0.4, 0.5) is 22.0 Å². The maximum atomic E-state index is 13.6. The monoisotopic (exact) mass is 303 g/mol. The van der Waals surface area contributed by atoms with Gasteiger partial charge in [-0.15, -0.1) is 0 Å². The molecular weight excluding hydrogens is 293 g/mol. The zero-order chi connectivity index (χ0) is 15.6. The molecule has 0 aliphatic carbocycles. The molecule has 0 bridgehead atoms. The number of alkyl halides is 4. The van der Waals surface area contributed by atoms with Crippen LogP contribution in [0.15, 0.2) is 36.4 Å². The summed E-state index contributed by atoms with van der Waals surface area (Å²) in [4.78, 5) is 11.8. The Morgan fingerprint density at radius 2 is 1.71 bits per heavy atom. The van der Waals surface area contributed by atoms with Crippen LogP contribution in [0.25, 0.3) is 10.8 Å². The highest BCUT2D eigenvalue weighted by Crippen LogP contribution is 2.24. The second-order valence-electron chi connectivity index (χ2n) is 4.38. The lowest BCUT2D eigenvalue weighted by Crippen LogP contribution is -2.41. The first-order valence-electron chi connectivity index (χ1n) is 5.94. The zero-order valence-corrected chi connectivity index (χ0v) is 10.5. The van der Waals surface area contributed by atoms with Crippen LogP contribution in [0, 0.1) is 5.82 Å². The van der Waals surface area contributed by atoms with Crippen molar-refractivity contribution in [3.63, 3.8) is 0 Å². The molecule has 0 fully saturated rings. The van der Waals surface area contributed by atoms with Gasteiger partial charge < -0.3 is 5.32 Å². The first-order valence-corrected chi connectivity index (χ1v) is 5.94. The van der Waals surface area contributed by atoms with E-state index in [2.05, 4.69) is 0 Å². The van der Waals surface area contributed by atoms with Crippen LogP contribution < -0.4 is 5.32 Å². The van der Waals surface area contributed by atoms with Crippen LogP contribution in [0.2, 0.25) is 0 Å². The third-order valence-corrected chi connectivity index (χ3v) is 2.92. The van der Waals surface area contributed by atoms with Crippen LogP contribution in [0.1, 0.15) is 10.4 Å². The maximum Gasteiger partial charge on any atom is 0.324 e. The van der Waals surface area contributed by atoms with Crippen molar-refractivity contribution in [2.24, 2.45) is 0 Å². The maximum absolute atomic E-state index is 13.6. The largest absolute Gasteiger partial charge is 0.346 e. The van der Waals surface area contributed by atoms with Gasteiger partial charge in [0.25, 0.3) is 5.91 Å². The second-order valence-corrected chi connectivity index (χ2v) is 4.38. The Morgan fingerprint density at radius 1 is 1.10 bits per heavy atom. The molecule has 0 radical (unpaired) electrons. The minimum absolute atomic E-state index is 0.0583. The molecule has 2 aromatic rings. The summed E-state index contributed by atoms with van der Waals surface area (Å²) in [6.45, 7) is -1.49. The van der Waals surface area contributed by atoms with Gasteiger partial charge in [0.05, 0.1) is 6.54 Å². The molecule has 0 unspecified atom stereocenters. The van der Waals surface area contributed by atoms with Gasteiger partial charge in [-0.05, 0) is 17.5 Å². The van der Waals surface area contributed by atoms with Crippen LogP contribution in [0.5, 0.6) is 0 Å². The van der Waals surface area contributed by atoms with Gasteiger partial charge in [0, 0.05) is 10.9 Å². The fourth-order valence-corrected chi connectivity index (χ4v) is 1.83. The molecule has 0 aliphatic rings. The Kier molecular flexibility index (Phi) is 4.11. The van der Waals surface area contributed by atoms with Gasteiger partial charge in [-0.3, -0.25) is 4.79 Å². The molecule has 2 aromatic carbocycles. The highest BCUT2D eigenvalue weighted by Gasteiger charge is 2.40. The molecule has 7 heteroatoms. The van der Waals surface area contributed by atoms with Crippen LogP contribution in [0.3, 0.4) is 0 Å². The third kappa shape index (κ3) is 3.12. The molecule has 0 aliphatic heterocycles. The quantitative estimate of drug-likeness (QED) is 0.859. The van der Waals surface area contributed by atoms with Crippen molar-refractivity contribution >= 4 is 16.7 Å². The van der Waals surface area contributed by atoms with Crippen molar-refractivity contribution in [3.8, 4) is 0 Å². The van der Waals surface area contributed by atoms with E-state index in [4.69, 9.17) is 0 Å². The fraction of sp³-hybridized carbons (Fsp3) is 0.214. The van der Waals surface area contributed by atoms with E-state index in [0.29, 0.717) is 0 Å². The molecule has 21 heavy (non-hydrogen) atoms.